The maximum Gasteiger partial charge on any atom is 0.248 e. The van der Waals surface area contributed by atoms with Crippen LogP contribution in [0, 0.1) is 13.8 Å². The van der Waals surface area contributed by atoms with E-state index in [0.29, 0.717) is 16.9 Å². The number of hydrogen-bond acceptors (Lipinski definition) is 7. The Kier molecular flexibility index (Phi) is 11.0. The number of aryl methyl sites for hydroxylation is 2. The van der Waals surface area contributed by atoms with Gasteiger partial charge >= 0.3 is 0 Å². The van der Waals surface area contributed by atoms with E-state index in [2.05, 4.69) is 9.80 Å². The van der Waals surface area contributed by atoms with Gasteiger partial charge < -0.3 is 19.3 Å². The van der Waals surface area contributed by atoms with Crippen molar-refractivity contribution in [2.75, 3.05) is 86.3 Å². The molecule has 2 fully saturated rings. The van der Waals surface area contributed by atoms with Crippen LogP contribution in [0.5, 0.6) is 5.75 Å². The van der Waals surface area contributed by atoms with Crippen molar-refractivity contribution in [2.24, 2.45) is 0 Å². The lowest BCUT2D eigenvalue weighted by Crippen LogP contribution is -2.50. The highest BCUT2D eigenvalue weighted by atomic mass is 32.2. The lowest BCUT2D eigenvalue weighted by Gasteiger charge is -2.35. The number of methoxy groups -OCH3 is 1. The average molecular weight is 525 g/mol. The van der Waals surface area contributed by atoms with Crippen LogP contribution in [-0.4, -0.2) is 120 Å². The Bertz CT molecular complexity index is 934. The molecule has 1 amide bonds. The molecule has 0 radical (unpaired) electrons. The maximum absolute atomic E-state index is 13.1. The van der Waals surface area contributed by atoms with E-state index in [-0.39, 0.29) is 30.6 Å². The van der Waals surface area contributed by atoms with Crippen LogP contribution in [0.3, 0.4) is 0 Å². The molecular formula is C26H44N4O5S. The second kappa shape index (κ2) is 13.7. The van der Waals surface area contributed by atoms with Gasteiger partial charge in [0, 0.05) is 39.8 Å². The van der Waals surface area contributed by atoms with E-state index in [1.165, 1.54) is 56.7 Å². The number of sulfonamides is 1. The number of likely N-dealkylation sites (N-methyl/N-ethyl adjacent to an activating group) is 1. The summed E-state index contributed by atoms with van der Waals surface area (Å²) in [6.07, 6.45) is 5.21. The Balaban J connectivity index is 1.34. The van der Waals surface area contributed by atoms with Gasteiger partial charge in [0.25, 0.3) is 0 Å². The van der Waals surface area contributed by atoms with E-state index < -0.39 is 10.0 Å². The van der Waals surface area contributed by atoms with Gasteiger partial charge in [0.1, 0.15) is 12.4 Å². The molecule has 10 heteroatoms. The first-order valence-corrected chi connectivity index (χ1v) is 14.6. The number of amides is 1. The van der Waals surface area contributed by atoms with Gasteiger partial charge in [-0.1, -0.05) is 6.42 Å². The lowest BCUT2D eigenvalue weighted by molar-refractivity contribution is -0.137. The molecule has 2 aliphatic heterocycles. The van der Waals surface area contributed by atoms with E-state index in [0.717, 1.165) is 32.7 Å². The number of ether oxygens (including phenoxy) is 2. The fourth-order valence-electron chi connectivity index (χ4n) is 5.08. The molecule has 2 saturated heterocycles. The van der Waals surface area contributed by atoms with E-state index in [1.807, 2.05) is 4.90 Å². The van der Waals surface area contributed by atoms with Crippen LogP contribution in [0.1, 0.15) is 36.8 Å². The molecule has 1 aromatic rings. The predicted molar refractivity (Wildman–Crippen MR) is 141 cm³/mol. The number of hydrogen-bond donors (Lipinski definition) is 0. The van der Waals surface area contributed by atoms with Crippen molar-refractivity contribution in [1.29, 1.82) is 0 Å². The Hall–Kier alpha value is -1.72. The topological polar surface area (TPSA) is 82.6 Å². The summed E-state index contributed by atoms with van der Waals surface area (Å²) in [5.74, 6) is 0.599. The molecule has 0 spiro atoms. The summed E-state index contributed by atoms with van der Waals surface area (Å²) in [6, 6.07) is 3.44. The van der Waals surface area contributed by atoms with Crippen molar-refractivity contribution < 1.29 is 22.7 Å². The first kappa shape index (κ1) is 28.8. The summed E-state index contributed by atoms with van der Waals surface area (Å²) < 4.78 is 38.3. The van der Waals surface area contributed by atoms with Gasteiger partial charge in [0.15, 0.2) is 0 Å². The van der Waals surface area contributed by atoms with Crippen LogP contribution < -0.4 is 4.74 Å². The molecule has 9 nitrogen and oxygen atoms in total. The zero-order valence-electron chi connectivity index (χ0n) is 22.5. The van der Waals surface area contributed by atoms with Crippen LogP contribution in [0.2, 0.25) is 0 Å². The molecule has 3 rings (SSSR count). The van der Waals surface area contributed by atoms with Crippen LogP contribution in [0.4, 0.5) is 0 Å². The Morgan fingerprint density at radius 1 is 0.944 bits per heavy atom. The maximum atomic E-state index is 13.1. The van der Waals surface area contributed by atoms with Crippen molar-refractivity contribution in [1.82, 2.24) is 19.0 Å². The Labute approximate surface area is 217 Å². The monoisotopic (exact) mass is 524 g/mol. The van der Waals surface area contributed by atoms with Gasteiger partial charge in [-0.15, -0.1) is 0 Å². The number of piperazine rings is 1. The number of carbonyl (C=O) groups is 1. The van der Waals surface area contributed by atoms with Gasteiger partial charge in [-0.25, -0.2) is 8.42 Å². The summed E-state index contributed by atoms with van der Waals surface area (Å²) in [5.41, 5.74) is 1.28. The third-order valence-corrected chi connectivity index (χ3v) is 9.40. The summed E-state index contributed by atoms with van der Waals surface area (Å²) >= 11 is 0. The number of rotatable bonds is 12. The third-order valence-electron chi connectivity index (χ3n) is 7.24. The quantitative estimate of drug-likeness (QED) is 0.387. The molecule has 0 atom stereocenters. The summed E-state index contributed by atoms with van der Waals surface area (Å²) in [7, 11) is -0.578. The summed E-state index contributed by atoms with van der Waals surface area (Å²) in [4.78, 5) is 19.7. The molecule has 204 valence electrons. The van der Waals surface area contributed by atoms with Crippen molar-refractivity contribution in [3.8, 4) is 5.75 Å². The molecule has 2 heterocycles. The largest absolute Gasteiger partial charge is 0.497 e. The fourth-order valence-corrected chi connectivity index (χ4v) is 6.64. The summed E-state index contributed by atoms with van der Waals surface area (Å²) in [6.45, 7) is 11.8. The molecule has 0 aromatic heterocycles. The van der Waals surface area contributed by atoms with Gasteiger partial charge in [-0.3, -0.25) is 9.69 Å². The minimum Gasteiger partial charge on any atom is -0.497 e. The first-order chi connectivity index (χ1) is 17.2. The predicted octanol–water partition coefficient (Wildman–Crippen LogP) is 1.97. The molecule has 1 aromatic carbocycles. The second-order valence-corrected chi connectivity index (χ2v) is 11.9. The third kappa shape index (κ3) is 7.89. The molecule has 0 saturated carbocycles. The molecule has 0 N–H and O–H groups in total. The Morgan fingerprint density at radius 3 is 2.11 bits per heavy atom. The van der Waals surface area contributed by atoms with E-state index >= 15 is 0 Å². The molecule has 0 aliphatic carbocycles. The van der Waals surface area contributed by atoms with E-state index in [4.69, 9.17) is 9.47 Å². The van der Waals surface area contributed by atoms with Gasteiger partial charge in [0.05, 0.1) is 18.6 Å². The number of carbonyl (C=O) groups excluding carboxylic acids is 1. The summed E-state index contributed by atoms with van der Waals surface area (Å²) in [5, 5.41) is 0. The minimum atomic E-state index is -3.67. The zero-order valence-corrected chi connectivity index (χ0v) is 23.3. The van der Waals surface area contributed by atoms with Crippen LogP contribution >= 0.6 is 0 Å². The van der Waals surface area contributed by atoms with E-state index in [9.17, 15) is 13.2 Å². The van der Waals surface area contributed by atoms with Crippen molar-refractivity contribution in [3.05, 3.63) is 23.3 Å². The number of piperidine rings is 1. The standard InChI is InChI=1S/C26H44N4O5S/c1-22-19-24(34-4)20-23(2)26(22)36(32,33)27(3)17-18-35-21-25(31)30-15-13-29(14-16-30)12-8-11-28-9-6-5-7-10-28/h19-20H,5-18,21H2,1-4H3. The van der Waals surface area contributed by atoms with Crippen LogP contribution in [0.25, 0.3) is 0 Å². The SMILES string of the molecule is COc1cc(C)c(S(=O)(=O)N(C)CCOCC(=O)N2CCN(CCCN3CCCCC3)CC2)c(C)c1. The van der Waals surface area contributed by atoms with Crippen LogP contribution in [-0.2, 0) is 19.6 Å². The molecular weight excluding hydrogens is 480 g/mol. The molecule has 36 heavy (non-hydrogen) atoms. The second-order valence-electron chi connectivity index (χ2n) is 9.95. The highest BCUT2D eigenvalue weighted by Crippen LogP contribution is 2.27. The van der Waals surface area contributed by atoms with E-state index in [1.54, 1.807) is 33.1 Å². The van der Waals surface area contributed by atoms with Gasteiger partial charge in [-0.2, -0.15) is 4.31 Å². The lowest BCUT2D eigenvalue weighted by atomic mass is 10.1. The fraction of sp³-hybridized carbons (Fsp3) is 0.731. The Morgan fingerprint density at radius 2 is 1.53 bits per heavy atom. The minimum absolute atomic E-state index is 0.0244. The normalized spacial score (nSPS) is 18.1. The van der Waals surface area contributed by atoms with Crippen LogP contribution in [0.15, 0.2) is 17.0 Å². The highest BCUT2D eigenvalue weighted by molar-refractivity contribution is 7.89. The number of nitrogens with zero attached hydrogens (tertiary/aromatic N) is 4. The first-order valence-electron chi connectivity index (χ1n) is 13.1. The smallest absolute Gasteiger partial charge is 0.248 e. The van der Waals surface area contributed by atoms with Gasteiger partial charge in [-0.05, 0) is 82.5 Å². The molecule has 0 bridgehead atoms. The average Bonchev–Trinajstić information content (AvgIpc) is 2.86. The van der Waals surface area contributed by atoms with Crippen molar-refractivity contribution >= 4 is 15.9 Å². The van der Waals surface area contributed by atoms with Crippen molar-refractivity contribution in [3.63, 3.8) is 0 Å². The van der Waals surface area contributed by atoms with Crippen molar-refractivity contribution in [2.45, 2.75) is 44.4 Å². The highest BCUT2D eigenvalue weighted by Gasteiger charge is 2.26. The molecule has 2 aliphatic rings. The zero-order chi connectivity index (χ0) is 26.1. The molecule has 0 unspecified atom stereocenters. The number of benzene rings is 1. The number of likely N-dealkylation sites (tertiary alicyclic amines) is 1. The van der Waals surface area contributed by atoms with Gasteiger partial charge in [0.2, 0.25) is 15.9 Å².